The van der Waals surface area contributed by atoms with Crippen molar-refractivity contribution >= 4 is 37.6 Å². The zero-order valence-electron chi connectivity index (χ0n) is 16.8. The number of methoxy groups -OCH3 is 1. The molecule has 1 fully saturated rings. The Bertz CT molecular complexity index is 1050. The van der Waals surface area contributed by atoms with Gasteiger partial charge in [0, 0.05) is 18.7 Å². The normalized spacial score (nSPS) is 24.9. The van der Waals surface area contributed by atoms with E-state index in [2.05, 4.69) is 15.9 Å². The molecule has 1 aliphatic rings. The lowest BCUT2D eigenvalue weighted by Gasteiger charge is -2.30. The Balaban J connectivity index is 2.04. The first-order valence-corrected chi connectivity index (χ1v) is 11.7. The van der Waals surface area contributed by atoms with Crippen LogP contribution >= 0.6 is 15.9 Å². The van der Waals surface area contributed by atoms with E-state index in [-0.39, 0.29) is 17.1 Å². The van der Waals surface area contributed by atoms with Gasteiger partial charge in [0.05, 0.1) is 34.0 Å². The van der Waals surface area contributed by atoms with E-state index in [4.69, 9.17) is 9.47 Å². The molecule has 31 heavy (non-hydrogen) atoms. The zero-order chi connectivity index (χ0) is 22.8. The molecule has 2 aromatic rings. The van der Waals surface area contributed by atoms with Gasteiger partial charge in [0.2, 0.25) is 10.0 Å². The molecule has 11 heteroatoms. The van der Waals surface area contributed by atoms with Crippen LogP contribution in [-0.4, -0.2) is 54.2 Å². The Hall–Kier alpha value is -2.34. The van der Waals surface area contributed by atoms with E-state index < -0.39 is 44.0 Å². The number of nitro groups is 1. The van der Waals surface area contributed by atoms with Gasteiger partial charge in [-0.3, -0.25) is 14.9 Å². The van der Waals surface area contributed by atoms with Crippen LogP contribution in [0.5, 0.6) is 0 Å². The average molecular weight is 513 g/mol. The van der Waals surface area contributed by atoms with Crippen molar-refractivity contribution in [3.8, 4) is 0 Å². The molecule has 2 aromatic carbocycles. The van der Waals surface area contributed by atoms with Gasteiger partial charge in [-0.05, 0) is 24.6 Å². The lowest BCUT2D eigenvalue weighted by atomic mass is 10.1. The number of nitro benzene ring substituents is 1. The number of hydrogen-bond acceptors (Lipinski definition) is 7. The number of non-ortho nitro benzene ring substituents is 1. The van der Waals surface area contributed by atoms with Gasteiger partial charge in [-0.2, -0.15) is 4.31 Å². The van der Waals surface area contributed by atoms with Crippen LogP contribution in [0.1, 0.15) is 18.6 Å². The highest BCUT2D eigenvalue weighted by molar-refractivity contribution is 9.09. The number of hydrogen-bond donors (Lipinski definition) is 0. The molecule has 4 atom stereocenters. The van der Waals surface area contributed by atoms with Crippen LogP contribution in [0.4, 0.5) is 5.69 Å². The molecule has 9 nitrogen and oxygen atoms in total. The number of rotatable bonds is 5. The summed E-state index contributed by atoms with van der Waals surface area (Å²) in [4.78, 5) is 22.2. The van der Waals surface area contributed by atoms with Crippen molar-refractivity contribution in [3.63, 3.8) is 0 Å². The van der Waals surface area contributed by atoms with Crippen LogP contribution in [0.15, 0.2) is 59.5 Å². The monoisotopic (exact) mass is 512 g/mol. The summed E-state index contributed by atoms with van der Waals surface area (Å²) in [6, 6.07) is 12.5. The Kier molecular flexibility index (Phi) is 7.10. The second kappa shape index (κ2) is 9.43. The van der Waals surface area contributed by atoms with Gasteiger partial charge in [-0.1, -0.05) is 46.3 Å². The van der Waals surface area contributed by atoms with Gasteiger partial charge >= 0.3 is 5.97 Å². The maximum absolute atomic E-state index is 13.5. The summed E-state index contributed by atoms with van der Waals surface area (Å²) in [6.07, 6.45) is -1.34. The van der Waals surface area contributed by atoms with E-state index >= 15 is 0 Å². The van der Waals surface area contributed by atoms with Crippen LogP contribution in [0.3, 0.4) is 0 Å². The number of benzene rings is 2. The molecule has 1 heterocycles. The summed E-state index contributed by atoms with van der Waals surface area (Å²) in [5.41, 5.74) is 0.591. The third-order valence-corrected chi connectivity index (χ3v) is 7.66. The van der Waals surface area contributed by atoms with Crippen LogP contribution in [0.25, 0.3) is 0 Å². The molecular weight excluding hydrogens is 492 g/mol. The van der Waals surface area contributed by atoms with Crippen LogP contribution < -0.4 is 0 Å². The Labute approximate surface area is 188 Å². The first-order valence-electron chi connectivity index (χ1n) is 9.35. The number of esters is 1. The van der Waals surface area contributed by atoms with Crippen molar-refractivity contribution in [1.29, 1.82) is 0 Å². The van der Waals surface area contributed by atoms with E-state index in [1.807, 2.05) is 30.3 Å². The fourth-order valence-corrected chi connectivity index (χ4v) is 6.09. The third-order valence-electron chi connectivity index (χ3n) is 5.02. The molecule has 0 unspecified atom stereocenters. The first-order chi connectivity index (χ1) is 14.7. The molecular formula is C20H21BrN2O7S. The van der Waals surface area contributed by atoms with Crippen molar-refractivity contribution in [2.45, 2.75) is 34.9 Å². The number of alkyl halides is 1. The maximum atomic E-state index is 13.5. The summed E-state index contributed by atoms with van der Waals surface area (Å²) in [7, 11) is -3.03. The zero-order valence-corrected chi connectivity index (χ0v) is 19.2. The SMILES string of the molecule is COC(=O)[C@@H]1[C@H](C)O[C@@H](c2ccccc2)[C@H](Br)CN1S(=O)(=O)c1ccc([N+](=O)[O-])cc1. The van der Waals surface area contributed by atoms with E-state index in [0.29, 0.717) is 0 Å². The van der Waals surface area contributed by atoms with Gasteiger partial charge in [0.15, 0.2) is 0 Å². The lowest BCUT2D eigenvalue weighted by Crippen LogP contribution is -2.51. The Morgan fingerprint density at radius 2 is 1.81 bits per heavy atom. The molecule has 0 bridgehead atoms. The second-order valence-corrected chi connectivity index (χ2v) is 10.0. The van der Waals surface area contributed by atoms with Crippen molar-refractivity contribution < 1.29 is 27.6 Å². The van der Waals surface area contributed by atoms with E-state index in [0.717, 1.165) is 34.1 Å². The number of ether oxygens (including phenoxy) is 2. The smallest absolute Gasteiger partial charge is 0.326 e. The number of carbonyl (C=O) groups excluding carboxylic acids is 1. The minimum Gasteiger partial charge on any atom is -0.468 e. The number of nitrogens with zero attached hydrogens (tertiary/aromatic N) is 2. The van der Waals surface area contributed by atoms with Crippen LogP contribution in [0.2, 0.25) is 0 Å². The fourth-order valence-electron chi connectivity index (χ4n) is 3.49. The van der Waals surface area contributed by atoms with Crippen molar-refractivity contribution in [1.82, 2.24) is 4.31 Å². The van der Waals surface area contributed by atoms with Crippen LogP contribution in [0, 0.1) is 10.1 Å². The average Bonchev–Trinajstić information content (AvgIpc) is 2.90. The first kappa shape index (κ1) is 23.3. The number of carbonyl (C=O) groups is 1. The van der Waals surface area contributed by atoms with Gasteiger partial charge < -0.3 is 9.47 Å². The molecule has 166 valence electrons. The van der Waals surface area contributed by atoms with Gasteiger partial charge in [0.1, 0.15) is 6.04 Å². The topological polar surface area (TPSA) is 116 Å². The van der Waals surface area contributed by atoms with Gasteiger partial charge in [-0.25, -0.2) is 8.42 Å². The van der Waals surface area contributed by atoms with E-state index in [9.17, 15) is 23.3 Å². The van der Waals surface area contributed by atoms with Gasteiger partial charge in [-0.15, -0.1) is 0 Å². The predicted molar refractivity (Wildman–Crippen MR) is 115 cm³/mol. The molecule has 0 saturated carbocycles. The van der Waals surface area contributed by atoms with Crippen molar-refractivity contribution in [2.75, 3.05) is 13.7 Å². The molecule has 0 aromatic heterocycles. The molecule has 0 spiro atoms. The number of halogens is 1. The van der Waals surface area contributed by atoms with E-state index in [1.165, 1.54) is 7.11 Å². The minimum absolute atomic E-state index is 0.0804. The third kappa shape index (κ3) is 4.79. The standard InChI is InChI=1S/C20H21BrN2O7S/c1-13-18(20(24)29-2)22(12-17(21)19(30-13)14-6-4-3-5-7-14)31(27,28)16-10-8-15(9-11-16)23(25)26/h3-11,13,17-19H,12H2,1-2H3/t13-,17+,18-,19-/m0/s1. The van der Waals surface area contributed by atoms with Crippen molar-refractivity contribution in [2.24, 2.45) is 0 Å². The number of sulfonamides is 1. The molecule has 1 saturated heterocycles. The summed E-state index contributed by atoms with van der Waals surface area (Å²) in [6.45, 7) is 1.53. The fraction of sp³-hybridized carbons (Fsp3) is 0.350. The van der Waals surface area contributed by atoms with E-state index in [1.54, 1.807) is 6.92 Å². The molecule has 1 aliphatic heterocycles. The molecule has 0 aliphatic carbocycles. The molecule has 0 N–H and O–H groups in total. The summed E-state index contributed by atoms with van der Waals surface area (Å²) < 4.78 is 38.9. The second-order valence-electron chi connectivity index (χ2n) is 6.98. The Morgan fingerprint density at radius 1 is 1.19 bits per heavy atom. The highest BCUT2D eigenvalue weighted by Crippen LogP contribution is 2.36. The summed E-state index contributed by atoms with van der Waals surface area (Å²) in [5.74, 6) is -0.758. The summed E-state index contributed by atoms with van der Waals surface area (Å²) >= 11 is 3.53. The largest absolute Gasteiger partial charge is 0.468 e. The predicted octanol–water partition coefficient (Wildman–Crippen LogP) is 3.05. The highest BCUT2D eigenvalue weighted by atomic mass is 79.9. The maximum Gasteiger partial charge on any atom is 0.326 e. The minimum atomic E-state index is -4.20. The lowest BCUT2D eigenvalue weighted by molar-refractivity contribution is -0.384. The molecule has 0 amide bonds. The van der Waals surface area contributed by atoms with Gasteiger partial charge in [0.25, 0.3) is 5.69 Å². The summed E-state index contributed by atoms with van der Waals surface area (Å²) in [5, 5.41) is 10.9. The molecule has 3 rings (SSSR count). The Morgan fingerprint density at radius 3 is 2.35 bits per heavy atom. The van der Waals surface area contributed by atoms with Crippen molar-refractivity contribution in [3.05, 3.63) is 70.3 Å². The molecule has 0 radical (unpaired) electrons. The van der Waals surface area contributed by atoms with Crippen LogP contribution in [-0.2, 0) is 24.3 Å². The quantitative estimate of drug-likeness (QED) is 0.261. The highest BCUT2D eigenvalue weighted by Gasteiger charge is 2.46.